The smallest absolute Gasteiger partial charge is 0.225 e. The van der Waals surface area contributed by atoms with Gasteiger partial charge in [-0.2, -0.15) is 0 Å². The summed E-state index contributed by atoms with van der Waals surface area (Å²) >= 11 is 6.71. The van der Waals surface area contributed by atoms with Gasteiger partial charge in [0.05, 0.1) is 4.47 Å². The average Bonchev–Trinajstić information content (AvgIpc) is 2.96. The van der Waals surface area contributed by atoms with Crippen LogP contribution >= 0.6 is 39.0 Å². The highest BCUT2D eigenvalue weighted by Gasteiger charge is 2.12. The van der Waals surface area contributed by atoms with Crippen LogP contribution in [0.5, 0.6) is 0 Å². The highest BCUT2D eigenvalue weighted by atomic mass is 79.9. The van der Waals surface area contributed by atoms with E-state index in [0.717, 1.165) is 37.7 Å². The van der Waals surface area contributed by atoms with Crippen molar-refractivity contribution >= 4 is 55.2 Å². The number of anilines is 1. The second-order valence-electron chi connectivity index (χ2n) is 4.31. The lowest BCUT2D eigenvalue weighted by molar-refractivity contribution is 0.946. The van der Waals surface area contributed by atoms with Crippen LogP contribution in [0.15, 0.2) is 44.3 Å². The van der Waals surface area contributed by atoms with Crippen LogP contribution in [0, 0.1) is 0 Å². The van der Waals surface area contributed by atoms with Gasteiger partial charge >= 0.3 is 0 Å². The van der Waals surface area contributed by atoms with Crippen molar-refractivity contribution in [2.24, 2.45) is 0 Å². The van der Waals surface area contributed by atoms with Gasteiger partial charge in [0, 0.05) is 18.1 Å². The van der Waals surface area contributed by atoms with E-state index in [4.69, 9.17) is 0 Å². The summed E-state index contributed by atoms with van der Waals surface area (Å²) in [5.74, 6) is 0.682. The largest absolute Gasteiger partial charge is 0.354 e. The zero-order valence-electron chi connectivity index (χ0n) is 11.3. The fourth-order valence-electron chi connectivity index (χ4n) is 1.76. The van der Waals surface area contributed by atoms with Gasteiger partial charge in [-0.3, -0.25) is 0 Å². The molecule has 1 N–H and O–H groups in total. The van der Waals surface area contributed by atoms with Crippen molar-refractivity contribution in [1.29, 1.82) is 0 Å². The van der Waals surface area contributed by atoms with Gasteiger partial charge in [-0.1, -0.05) is 6.92 Å². The number of pyridine rings is 1. The predicted molar refractivity (Wildman–Crippen MR) is 92.3 cm³/mol. The Morgan fingerprint density at radius 2 is 2.19 bits per heavy atom. The minimum absolute atomic E-state index is 0.682. The van der Waals surface area contributed by atoms with Crippen molar-refractivity contribution in [3.63, 3.8) is 0 Å². The second-order valence-corrected chi connectivity index (χ2v) is 7.04. The van der Waals surface area contributed by atoms with Crippen molar-refractivity contribution in [2.45, 2.75) is 23.4 Å². The first-order valence-corrected chi connectivity index (χ1v) is 9.04. The highest BCUT2D eigenvalue weighted by molar-refractivity contribution is 9.10. The zero-order chi connectivity index (χ0) is 14.7. The Bertz CT molecular complexity index is 760. The summed E-state index contributed by atoms with van der Waals surface area (Å²) in [4.78, 5) is 14.6. The SMILES string of the molecule is CCCNc1nc(Sc2ncccc2Br)c2ccsc2n1. The van der Waals surface area contributed by atoms with Gasteiger partial charge < -0.3 is 5.32 Å². The molecule has 0 atom stereocenters. The van der Waals surface area contributed by atoms with Crippen LogP contribution in [0.25, 0.3) is 10.2 Å². The van der Waals surface area contributed by atoms with Crippen LogP contribution < -0.4 is 5.32 Å². The molecule has 0 aliphatic heterocycles. The number of fused-ring (bicyclic) bond motifs is 1. The van der Waals surface area contributed by atoms with Crippen molar-refractivity contribution in [3.8, 4) is 0 Å². The Labute approximate surface area is 139 Å². The Balaban J connectivity index is 2.00. The number of halogens is 1. The van der Waals surface area contributed by atoms with Gasteiger partial charge in [-0.15, -0.1) is 11.3 Å². The lowest BCUT2D eigenvalue weighted by atomic mass is 10.4. The van der Waals surface area contributed by atoms with Gasteiger partial charge in [0.2, 0.25) is 5.95 Å². The molecule has 0 aliphatic carbocycles. The van der Waals surface area contributed by atoms with Gasteiger partial charge in [-0.05, 0) is 57.7 Å². The molecule has 7 heteroatoms. The van der Waals surface area contributed by atoms with Gasteiger partial charge in [-0.25, -0.2) is 15.0 Å². The maximum absolute atomic E-state index is 4.63. The van der Waals surface area contributed by atoms with Crippen molar-refractivity contribution in [1.82, 2.24) is 15.0 Å². The van der Waals surface area contributed by atoms with E-state index < -0.39 is 0 Å². The maximum atomic E-state index is 4.63. The molecule has 3 heterocycles. The molecule has 3 aromatic rings. The standard InChI is InChI=1S/C14H13BrN4S2/c1-2-6-17-14-18-11-9(5-8-20-11)12(19-14)21-13-10(15)4-3-7-16-13/h3-5,7-8H,2,6H2,1H3,(H,17,18,19). The average molecular weight is 381 g/mol. The summed E-state index contributed by atoms with van der Waals surface area (Å²) in [5.41, 5.74) is 0. The molecule has 21 heavy (non-hydrogen) atoms. The topological polar surface area (TPSA) is 50.7 Å². The first-order valence-electron chi connectivity index (χ1n) is 6.55. The third-order valence-electron chi connectivity index (χ3n) is 2.74. The number of aromatic nitrogens is 3. The summed E-state index contributed by atoms with van der Waals surface area (Å²) in [6.07, 6.45) is 2.83. The number of hydrogen-bond donors (Lipinski definition) is 1. The first kappa shape index (κ1) is 14.7. The molecular weight excluding hydrogens is 368 g/mol. The van der Waals surface area contributed by atoms with E-state index in [0.29, 0.717) is 5.95 Å². The van der Waals surface area contributed by atoms with Crippen LogP contribution in [-0.2, 0) is 0 Å². The van der Waals surface area contributed by atoms with E-state index in [1.807, 2.05) is 17.5 Å². The molecule has 0 unspecified atom stereocenters. The third kappa shape index (κ3) is 3.36. The van der Waals surface area contributed by atoms with E-state index >= 15 is 0 Å². The molecule has 0 bridgehead atoms. The summed E-state index contributed by atoms with van der Waals surface area (Å²) in [7, 11) is 0. The molecule has 0 radical (unpaired) electrons. The van der Waals surface area contributed by atoms with Crippen LogP contribution in [-0.4, -0.2) is 21.5 Å². The van der Waals surface area contributed by atoms with E-state index in [-0.39, 0.29) is 0 Å². The Hall–Kier alpha value is -1.18. The number of thiophene rings is 1. The lowest BCUT2D eigenvalue weighted by Gasteiger charge is -2.07. The number of rotatable bonds is 5. The number of nitrogens with zero attached hydrogens (tertiary/aromatic N) is 3. The molecule has 0 saturated heterocycles. The number of nitrogens with one attached hydrogen (secondary N) is 1. The third-order valence-corrected chi connectivity index (χ3v) is 5.47. The quantitative estimate of drug-likeness (QED) is 0.642. The maximum Gasteiger partial charge on any atom is 0.225 e. The molecule has 108 valence electrons. The van der Waals surface area contributed by atoms with E-state index in [2.05, 4.69) is 49.2 Å². The Morgan fingerprint density at radius 3 is 3.00 bits per heavy atom. The highest BCUT2D eigenvalue weighted by Crippen LogP contribution is 2.36. The molecule has 0 aromatic carbocycles. The summed E-state index contributed by atoms with van der Waals surface area (Å²) in [5, 5.41) is 8.21. The molecule has 4 nitrogen and oxygen atoms in total. The van der Waals surface area contributed by atoms with E-state index in [9.17, 15) is 0 Å². The monoisotopic (exact) mass is 380 g/mol. The normalized spacial score (nSPS) is 11.0. The van der Waals surface area contributed by atoms with Crippen LogP contribution in [0.4, 0.5) is 5.95 Å². The van der Waals surface area contributed by atoms with Crippen LogP contribution in [0.3, 0.4) is 0 Å². The van der Waals surface area contributed by atoms with Crippen molar-refractivity contribution < 1.29 is 0 Å². The van der Waals surface area contributed by atoms with Crippen LogP contribution in [0.2, 0.25) is 0 Å². The Kier molecular flexibility index (Phi) is 4.72. The second kappa shape index (κ2) is 6.72. The van der Waals surface area contributed by atoms with E-state index in [1.54, 1.807) is 29.3 Å². The molecule has 0 amide bonds. The van der Waals surface area contributed by atoms with Crippen LogP contribution in [0.1, 0.15) is 13.3 Å². The van der Waals surface area contributed by atoms with Gasteiger partial charge in [0.1, 0.15) is 14.9 Å². The molecule has 0 fully saturated rings. The molecule has 3 aromatic heterocycles. The minimum Gasteiger partial charge on any atom is -0.354 e. The molecule has 0 aliphatic rings. The van der Waals surface area contributed by atoms with Crippen molar-refractivity contribution in [2.75, 3.05) is 11.9 Å². The summed E-state index contributed by atoms with van der Waals surface area (Å²) in [6.45, 7) is 2.99. The molecule has 3 rings (SSSR count). The molecule has 0 spiro atoms. The lowest BCUT2D eigenvalue weighted by Crippen LogP contribution is -2.04. The first-order chi connectivity index (χ1) is 10.3. The van der Waals surface area contributed by atoms with Gasteiger partial charge in [0.15, 0.2) is 0 Å². The predicted octanol–water partition coefficient (Wildman–Crippen LogP) is 4.82. The Morgan fingerprint density at radius 1 is 1.29 bits per heavy atom. The summed E-state index contributed by atoms with van der Waals surface area (Å²) in [6, 6.07) is 5.95. The van der Waals surface area contributed by atoms with Crippen molar-refractivity contribution in [3.05, 3.63) is 34.2 Å². The zero-order valence-corrected chi connectivity index (χ0v) is 14.6. The van der Waals surface area contributed by atoms with E-state index in [1.165, 1.54) is 0 Å². The summed E-state index contributed by atoms with van der Waals surface area (Å²) < 4.78 is 0.972. The minimum atomic E-state index is 0.682. The van der Waals surface area contributed by atoms with Gasteiger partial charge in [0.25, 0.3) is 0 Å². The number of hydrogen-bond acceptors (Lipinski definition) is 6. The fraction of sp³-hybridized carbons (Fsp3) is 0.214. The fourth-order valence-corrected chi connectivity index (χ4v) is 3.96. The molecular formula is C14H13BrN4S2. The molecule has 0 saturated carbocycles.